The normalized spacial score (nSPS) is 20.1. The van der Waals surface area contributed by atoms with Gasteiger partial charge in [0.2, 0.25) is 17.6 Å². The van der Waals surface area contributed by atoms with Gasteiger partial charge in [0.25, 0.3) is 5.91 Å². The molecule has 1 spiro atoms. The number of amides is 3. The van der Waals surface area contributed by atoms with Crippen molar-refractivity contribution in [2.75, 3.05) is 55.4 Å². The topological polar surface area (TPSA) is 177 Å². The SMILES string of the molecule is O=C1CC[C@H](NC(=O)c2ccc(CCCN3CC4(C3)CN(c3ccc(-c5cnc6[nH]cc(C(=O)c7c(F)ccc(NS(=O)(=O)N8CC[C@@H](F)C8)c7F)c6c5)cc3)C4)cc2F)C(=O)N1. The molecule has 3 amide bonds. The number of anilines is 2. The Morgan fingerprint density at radius 3 is 2.40 bits per heavy atom. The van der Waals surface area contributed by atoms with Gasteiger partial charge >= 0.3 is 10.2 Å². The molecule has 2 aromatic heterocycles. The van der Waals surface area contributed by atoms with Crippen molar-refractivity contribution in [3.05, 3.63) is 113 Å². The van der Waals surface area contributed by atoms with E-state index in [2.05, 4.69) is 30.4 Å². The van der Waals surface area contributed by atoms with Gasteiger partial charge in [-0.2, -0.15) is 12.7 Å². The lowest BCUT2D eigenvalue weighted by Crippen LogP contribution is -2.72. The number of benzene rings is 3. The Morgan fingerprint density at radius 1 is 0.905 bits per heavy atom. The molecule has 0 radical (unpaired) electrons. The number of pyridine rings is 1. The number of nitrogens with one attached hydrogen (secondary N) is 4. The highest BCUT2D eigenvalue weighted by Gasteiger charge is 2.51. The minimum absolute atomic E-state index is 0.00421. The van der Waals surface area contributed by atoms with Gasteiger partial charge in [-0.3, -0.25) is 29.2 Å². The molecule has 6 heterocycles. The highest BCUT2D eigenvalue weighted by atomic mass is 32.2. The second-order valence-corrected chi connectivity index (χ2v) is 18.5. The summed E-state index contributed by atoms with van der Waals surface area (Å²) in [6.45, 7) is 4.04. The number of rotatable bonds is 13. The van der Waals surface area contributed by atoms with Crippen LogP contribution in [0.1, 0.15) is 57.5 Å². The average Bonchev–Trinajstić information content (AvgIpc) is 3.87. The number of aromatic nitrogens is 2. The van der Waals surface area contributed by atoms with E-state index in [0.29, 0.717) is 23.0 Å². The maximum atomic E-state index is 15.7. The van der Waals surface area contributed by atoms with Gasteiger partial charge in [-0.25, -0.2) is 22.5 Å². The number of imide groups is 1. The Labute approximate surface area is 359 Å². The summed E-state index contributed by atoms with van der Waals surface area (Å²) in [7, 11) is -4.36. The largest absolute Gasteiger partial charge is 0.370 e. The van der Waals surface area contributed by atoms with Crippen molar-refractivity contribution in [3.8, 4) is 11.1 Å². The summed E-state index contributed by atoms with van der Waals surface area (Å²) in [4.78, 5) is 61.6. The van der Waals surface area contributed by atoms with Gasteiger partial charge in [-0.15, -0.1) is 0 Å². The molecule has 0 unspecified atom stereocenters. The first-order valence-electron chi connectivity index (χ1n) is 20.6. The summed E-state index contributed by atoms with van der Waals surface area (Å²) in [5.41, 5.74) is 1.98. The van der Waals surface area contributed by atoms with Crippen LogP contribution in [-0.2, 0) is 26.2 Å². The highest BCUT2D eigenvalue weighted by Crippen LogP contribution is 2.42. The van der Waals surface area contributed by atoms with Gasteiger partial charge < -0.3 is 20.1 Å². The summed E-state index contributed by atoms with van der Waals surface area (Å²) in [6, 6.07) is 14.9. The lowest BCUT2D eigenvalue weighted by atomic mass is 9.72. The van der Waals surface area contributed by atoms with Crippen LogP contribution in [0.25, 0.3) is 22.2 Å². The Balaban J connectivity index is 0.772. The summed E-state index contributed by atoms with van der Waals surface area (Å²) in [6.07, 6.45) is 3.29. The van der Waals surface area contributed by atoms with Gasteiger partial charge in [0.05, 0.1) is 16.8 Å². The summed E-state index contributed by atoms with van der Waals surface area (Å²) in [5.74, 6) is -5.96. The first kappa shape index (κ1) is 42.1. The van der Waals surface area contributed by atoms with Crippen molar-refractivity contribution in [1.82, 2.24) is 29.8 Å². The van der Waals surface area contributed by atoms with Gasteiger partial charge in [0.1, 0.15) is 29.5 Å². The van der Waals surface area contributed by atoms with Gasteiger partial charge in [-0.1, -0.05) is 18.2 Å². The molecule has 2 atom stereocenters. The predicted molar refractivity (Wildman–Crippen MR) is 224 cm³/mol. The molecule has 4 fully saturated rings. The van der Waals surface area contributed by atoms with Crippen LogP contribution in [0.2, 0.25) is 0 Å². The quantitative estimate of drug-likeness (QED) is 0.0731. The average molecular weight is 887 g/mol. The minimum atomic E-state index is -4.36. The molecule has 0 bridgehead atoms. The molecule has 0 aliphatic carbocycles. The molecule has 4 aliphatic rings. The molecule has 14 nitrogen and oxygen atoms in total. The van der Waals surface area contributed by atoms with E-state index in [9.17, 15) is 36.4 Å². The van der Waals surface area contributed by atoms with E-state index in [1.54, 1.807) is 18.3 Å². The fraction of sp³-hybridized carbons (Fsp3) is 0.341. The summed E-state index contributed by atoms with van der Waals surface area (Å²) < 4.78 is 87.8. The lowest BCUT2D eigenvalue weighted by molar-refractivity contribution is -0.134. The molecule has 5 aromatic rings. The summed E-state index contributed by atoms with van der Waals surface area (Å²) >= 11 is 0. The van der Waals surface area contributed by atoms with Crippen molar-refractivity contribution in [1.29, 1.82) is 0 Å². The van der Waals surface area contributed by atoms with Crippen LogP contribution >= 0.6 is 0 Å². The fourth-order valence-corrected chi connectivity index (χ4v) is 10.2. The number of aryl methyl sites for hydroxylation is 1. The van der Waals surface area contributed by atoms with Crippen LogP contribution in [0.15, 0.2) is 73.1 Å². The maximum Gasteiger partial charge on any atom is 0.301 e. The molecule has 63 heavy (non-hydrogen) atoms. The van der Waals surface area contributed by atoms with E-state index in [0.717, 1.165) is 72.4 Å². The molecule has 4 aliphatic heterocycles. The van der Waals surface area contributed by atoms with Crippen molar-refractivity contribution < 1.29 is 45.2 Å². The summed E-state index contributed by atoms with van der Waals surface area (Å²) in [5, 5.41) is 4.99. The number of nitrogens with zero attached hydrogens (tertiary/aromatic N) is 4. The smallest absolute Gasteiger partial charge is 0.301 e. The zero-order chi connectivity index (χ0) is 44.2. The first-order chi connectivity index (χ1) is 30.1. The van der Waals surface area contributed by atoms with Crippen LogP contribution < -0.4 is 20.3 Å². The van der Waals surface area contributed by atoms with Crippen LogP contribution in [0, 0.1) is 22.9 Å². The Morgan fingerprint density at radius 2 is 1.68 bits per heavy atom. The van der Waals surface area contributed by atoms with E-state index < -0.39 is 81.2 Å². The zero-order valence-corrected chi connectivity index (χ0v) is 34.5. The number of halogens is 4. The van der Waals surface area contributed by atoms with E-state index in [1.165, 1.54) is 18.3 Å². The fourth-order valence-electron chi connectivity index (χ4n) is 8.98. The van der Waals surface area contributed by atoms with Gasteiger partial charge in [-0.05, 0) is 85.8 Å². The highest BCUT2D eigenvalue weighted by molar-refractivity contribution is 7.90. The Hall–Kier alpha value is -6.18. The van der Waals surface area contributed by atoms with Crippen molar-refractivity contribution in [2.45, 2.75) is 44.3 Å². The minimum Gasteiger partial charge on any atom is -0.370 e. The Kier molecular flexibility index (Phi) is 11.0. The molecule has 4 saturated heterocycles. The number of aromatic amines is 1. The van der Waals surface area contributed by atoms with Gasteiger partial charge in [0.15, 0.2) is 5.82 Å². The lowest BCUT2D eigenvalue weighted by Gasteiger charge is -2.61. The number of likely N-dealkylation sites (tertiary alicyclic amines) is 1. The third-order valence-electron chi connectivity index (χ3n) is 12.3. The maximum absolute atomic E-state index is 15.7. The number of carbonyl (C=O) groups is 4. The number of ketones is 1. The molecule has 9 rings (SSSR count). The van der Waals surface area contributed by atoms with Crippen molar-refractivity contribution in [3.63, 3.8) is 0 Å². The second kappa shape index (κ2) is 16.5. The molecular weight excluding hydrogens is 845 g/mol. The zero-order valence-electron chi connectivity index (χ0n) is 33.7. The number of alkyl halides is 1. The molecule has 3 aromatic carbocycles. The number of fused-ring (bicyclic) bond motifs is 1. The molecule has 4 N–H and O–H groups in total. The van der Waals surface area contributed by atoms with E-state index >= 15 is 8.78 Å². The molecule has 19 heteroatoms. The van der Waals surface area contributed by atoms with Crippen molar-refractivity contribution in [2.24, 2.45) is 5.41 Å². The molecule has 328 valence electrons. The van der Waals surface area contributed by atoms with Gasteiger partial charge in [0, 0.05) is 85.7 Å². The monoisotopic (exact) mass is 886 g/mol. The molecular formula is C44H42F4N8O6S. The van der Waals surface area contributed by atoms with Crippen LogP contribution in [0.5, 0.6) is 0 Å². The van der Waals surface area contributed by atoms with E-state index in [1.807, 2.05) is 29.0 Å². The van der Waals surface area contributed by atoms with Crippen LogP contribution in [0.3, 0.4) is 0 Å². The van der Waals surface area contributed by atoms with E-state index in [-0.39, 0.29) is 42.3 Å². The van der Waals surface area contributed by atoms with E-state index in [4.69, 9.17) is 0 Å². The Bertz CT molecular complexity index is 2770. The number of piperidine rings is 1. The third kappa shape index (κ3) is 8.39. The standard InChI is InChI=1S/C44H42F4N8O6S/c45-28-13-15-56(20-28)63(61,62)53-35-10-9-33(46)38(39(35)48)40(58)32-19-50-41-31(32)17-27(18-49-41)26-4-6-29(7-5-26)55-23-44(24-55)21-54(22-44)14-1-2-25-3-8-30(34(47)16-25)42(59)51-36-11-12-37(57)52-43(36)60/h3-10,16-19,28,36,53H,1-2,11-15,20-24H2,(H,49,50)(H,51,59)(H,52,57,60)/t28-,36+/m1/s1. The molecule has 0 saturated carbocycles. The number of carbonyl (C=O) groups excluding carboxylic acids is 4. The second-order valence-electron chi connectivity index (χ2n) is 16.8. The third-order valence-corrected chi connectivity index (χ3v) is 13.8. The number of hydrogen-bond donors (Lipinski definition) is 4. The number of H-pyrrole nitrogens is 1. The van der Waals surface area contributed by atoms with Crippen LogP contribution in [-0.4, -0.2) is 109 Å². The first-order valence-corrected chi connectivity index (χ1v) is 22.0. The number of hydrogen-bond acceptors (Lipinski definition) is 9. The van der Waals surface area contributed by atoms with Crippen LogP contribution in [0.4, 0.5) is 28.9 Å². The predicted octanol–water partition coefficient (Wildman–Crippen LogP) is 4.87. The van der Waals surface area contributed by atoms with Crippen molar-refractivity contribution >= 4 is 56.1 Å².